The Labute approximate surface area is 137 Å². The quantitative estimate of drug-likeness (QED) is 0.549. The summed E-state index contributed by atoms with van der Waals surface area (Å²) in [6, 6.07) is 2.52. The van der Waals surface area contributed by atoms with Gasteiger partial charge in [-0.1, -0.05) is 0 Å². The maximum atomic E-state index is 10.5. The lowest BCUT2D eigenvalue weighted by Gasteiger charge is -2.23. The Balaban J connectivity index is 1.91. The molecule has 0 aliphatic carbocycles. The van der Waals surface area contributed by atoms with Crippen LogP contribution < -0.4 is 10.6 Å². The van der Waals surface area contributed by atoms with Crippen molar-refractivity contribution in [2.45, 2.75) is 38.3 Å². The number of guanidine groups is 1. The number of thiophene rings is 1. The molecule has 3 N–H and O–H groups in total. The molecule has 2 unspecified atom stereocenters. The predicted molar refractivity (Wildman–Crippen MR) is 93.5 cm³/mol. The second-order valence-corrected chi connectivity index (χ2v) is 6.92. The summed E-state index contributed by atoms with van der Waals surface area (Å²) in [6.45, 7) is 7.09. The number of likely N-dealkylation sites (N-methyl/N-ethyl adjacent to an activating group) is 1. The second-order valence-electron chi connectivity index (χ2n) is 6.14. The van der Waals surface area contributed by atoms with E-state index in [0.29, 0.717) is 12.6 Å². The zero-order valence-corrected chi connectivity index (χ0v) is 14.6. The van der Waals surface area contributed by atoms with Crippen molar-refractivity contribution in [3.63, 3.8) is 0 Å². The van der Waals surface area contributed by atoms with E-state index in [-0.39, 0.29) is 0 Å². The molecule has 0 radical (unpaired) electrons. The highest BCUT2D eigenvalue weighted by Gasteiger charge is 2.24. The Bertz CT molecular complexity index is 473. The molecule has 0 amide bonds. The maximum absolute atomic E-state index is 10.5. The number of nitrogens with zero attached hydrogens (tertiary/aromatic N) is 2. The van der Waals surface area contributed by atoms with Gasteiger partial charge < -0.3 is 20.6 Å². The Morgan fingerprint density at radius 2 is 2.36 bits per heavy atom. The van der Waals surface area contributed by atoms with Crippen LogP contribution in [0.5, 0.6) is 0 Å². The lowest BCUT2D eigenvalue weighted by molar-refractivity contribution is 0.0677. The maximum Gasteiger partial charge on any atom is 0.191 e. The van der Waals surface area contributed by atoms with Crippen molar-refractivity contribution in [2.24, 2.45) is 4.99 Å². The van der Waals surface area contributed by atoms with Gasteiger partial charge >= 0.3 is 0 Å². The van der Waals surface area contributed by atoms with Crippen LogP contribution >= 0.6 is 11.3 Å². The highest BCUT2D eigenvalue weighted by Crippen LogP contribution is 2.23. The fourth-order valence-electron chi connectivity index (χ4n) is 2.69. The Morgan fingerprint density at radius 1 is 1.55 bits per heavy atom. The van der Waals surface area contributed by atoms with Crippen LogP contribution in [-0.2, 0) is 5.60 Å². The summed E-state index contributed by atoms with van der Waals surface area (Å²) >= 11 is 1.59. The zero-order valence-electron chi connectivity index (χ0n) is 13.8. The van der Waals surface area contributed by atoms with E-state index in [1.807, 2.05) is 23.8 Å². The summed E-state index contributed by atoms with van der Waals surface area (Å²) in [5.74, 6) is 0.776. The first kappa shape index (κ1) is 17.2. The second kappa shape index (κ2) is 7.94. The monoisotopic (exact) mass is 324 g/mol. The molecule has 1 saturated heterocycles. The van der Waals surface area contributed by atoms with E-state index >= 15 is 0 Å². The molecule has 22 heavy (non-hydrogen) atoms. The molecule has 2 heterocycles. The van der Waals surface area contributed by atoms with Gasteiger partial charge in [-0.25, -0.2) is 4.99 Å². The molecular formula is C16H28N4OS. The van der Waals surface area contributed by atoms with Gasteiger partial charge in [0, 0.05) is 19.1 Å². The summed E-state index contributed by atoms with van der Waals surface area (Å²) in [4.78, 5) is 6.94. The van der Waals surface area contributed by atoms with Gasteiger partial charge in [0.25, 0.3) is 0 Å². The van der Waals surface area contributed by atoms with E-state index in [0.717, 1.165) is 24.6 Å². The number of aliphatic hydroxyl groups is 1. The highest BCUT2D eigenvalue weighted by molar-refractivity contribution is 7.08. The van der Waals surface area contributed by atoms with Gasteiger partial charge in [0.2, 0.25) is 0 Å². The Kier molecular flexibility index (Phi) is 6.23. The molecule has 5 nitrogen and oxygen atoms in total. The van der Waals surface area contributed by atoms with Crippen LogP contribution in [0.1, 0.15) is 32.3 Å². The number of likely N-dealkylation sites (tertiary alicyclic amines) is 1. The molecule has 1 fully saturated rings. The van der Waals surface area contributed by atoms with Gasteiger partial charge in [-0.2, -0.15) is 11.3 Å². The summed E-state index contributed by atoms with van der Waals surface area (Å²) in [5.41, 5.74) is -0.000379. The van der Waals surface area contributed by atoms with Crippen LogP contribution in [0.3, 0.4) is 0 Å². The Morgan fingerprint density at radius 3 is 2.95 bits per heavy atom. The number of hydrogen-bond acceptors (Lipinski definition) is 4. The van der Waals surface area contributed by atoms with Crippen molar-refractivity contribution in [3.05, 3.63) is 22.4 Å². The highest BCUT2D eigenvalue weighted by atomic mass is 32.1. The fourth-order valence-corrected chi connectivity index (χ4v) is 3.47. The molecule has 0 aromatic carbocycles. The first-order valence-electron chi connectivity index (χ1n) is 8.00. The van der Waals surface area contributed by atoms with Gasteiger partial charge in [-0.15, -0.1) is 0 Å². The first-order chi connectivity index (χ1) is 10.5. The standard InChI is InChI=1S/C16H28N4OS/c1-4-17-15(18-10-14-6-5-8-20(14)3)19-12-16(2,21)13-7-9-22-11-13/h7,9,11,14,21H,4-6,8,10,12H2,1-3H3,(H2,17,18,19). The van der Waals surface area contributed by atoms with E-state index in [2.05, 4.69) is 34.5 Å². The fraction of sp³-hybridized carbons (Fsp3) is 0.688. The van der Waals surface area contributed by atoms with Crippen LogP contribution in [0.25, 0.3) is 0 Å². The zero-order chi connectivity index (χ0) is 16.0. The van der Waals surface area contributed by atoms with Crippen molar-refractivity contribution in [1.29, 1.82) is 0 Å². The summed E-state index contributed by atoms with van der Waals surface area (Å²) in [6.07, 6.45) is 2.50. The molecule has 1 aliphatic heterocycles. The lowest BCUT2D eigenvalue weighted by Crippen LogP contribution is -2.44. The number of hydrogen-bond donors (Lipinski definition) is 3. The summed E-state index contributed by atoms with van der Waals surface area (Å²) in [7, 11) is 2.17. The topological polar surface area (TPSA) is 59.9 Å². The SMILES string of the molecule is CCNC(=NCC(C)(O)c1ccsc1)NCC1CCCN1C. The molecule has 2 atom stereocenters. The minimum absolute atomic E-state index is 0.347. The van der Waals surface area contributed by atoms with Crippen molar-refractivity contribution in [3.8, 4) is 0 Å². The number of nitrogens with one attached hydrogen (secondary N) is 2. The third kappa shape index (κ3) is 4.69. The van der Waals surface area contributed by atoms with Gasteiger partial charge in [0.05, 0.1) is 6.54 Å². The summed E-state index contributed by atoms with van der Waals surface area (Å²) < 4.78 is 0. The van der Waals surface area contributed by atoms with Crippen molar-refractivity contribution in [1.82, 2.24) is 15.5 Å². The van der Waals surface area contributed by atoms with Gasteiger partial charge in [0.15, 0.2) is 5.96 Å². The van der Waals surface area contributed by atoms with Crippen LogP contribution in [0.4, 0.5) is 0 Å². The van der Waals surface area contributed by atoms with Gasteiger partial charge in [0.1, 0.15) is 5.60 Å². The van der Waals surface area contributed by atoms with E-state index in [9.17, 15) is 5.11 Å². The third-order valence-corrected chi connectivity index (χ3v) is 4.89. The minimum Gasteiger partial charge on any atom is -0.383 e. The average Bonchev–Trinajstić information content (AvgIpc) is 3.14. The van der Waals surface area contributed by atoms with Crippen LogP contribution in [-0.4, -0.2) is 55.2 Å². The molecule has 124 valence electrons. The van der Waals surface area contributed by atoms with Crippen LogP contribution in [0, 0.1) is 0 Å². The van der Waals surface area contributed by atoms with E-state index in [1.165, 1.54) is 19.4 Å². The lowest BCUT2D eigenvalue weighted by atomic mass is 10.00. The molecular weight excluding hydrogens is 296 g/mol. The largest absolute Gasteiger partial charge is 0.383 e. The molecule has 1 aromatic rings. The molecule has 6 heteroatoms. The molecule has 2 rings (SSSR count). The third-order valence-electron chi connectivity index (χ3n) is 4.21. The minimum atomic E-state index is -0.924. The molecule has 0 spiro atoms. The van der Waals surface area contributed by atoms with Gasteiger partial charge in [-0.05, 0) is 62.7 Å². The van der Waals surface area contributed by atoms with E-state index in [4.69, 9.17) is 0 Å². The normalized spacial score (nSPS) is 22.5. The van der Waals surface area contributed by atoms with E-state index in [1.54, 1.807) is 11.3 Å². The predicted octanol–water partition coefficient (Wildman–Crippen LogP) is 1.60. The van der Waals surface area contributed by atoms with Crippen molar-refractivity contribution < 1.29 is 5.11 Å². The van der Waals surface area contributed by atoms with Crippen LogP contribution in [0.15, 0.2) is 21.8 Å². The van der Waals surface area contributed by atoms with Crippen LogP contribution in [0.2, 0.25) is 0 Å². The smallest absolute Gasteiger partial charge is 0.191 e. The molecule has 1 aromatic heterocycles. The average molecular weight is 324 g/mol. The molecule has 1 aliphatic rings. The first-order valence-corrected chi connectivity index (χ1v) is 8.94. The molecule has 0 saturated carbocycles. The van der Waals surface area contributed by atoms with Crippen molar-refractivity contribution >= 4 is 17.3 Å². The number of rotatable bonds is 6. The summed E-state index contributed by atoms with van der Waals surface area (Å²) in [5, 5.41) is 21.2. The molecule has 0 bridgehead atoms. The van der Waals surface area contributed by atoms with E-state index < -0.39 is 5.60 Å². The van der Waals surface area contributed by atoms with Crippen molar-refractivity contribution in [2.75, 3.05) is 33.2 Å². The Hall–Kier alpha value is -1.11. The van der Waals surface area contributed by atoms with Gasteiger partial charge in [-0.3, -0.25) is 0 Å². The number of aliphatic imine (C=N–C) groups is 1.